The number of hydrogen-bond acceptors (Lipinski definition) is 3. The fourth-order valence-corrected chi connectivity index (χ4v) is 2.12. The van der Waals surface area contributed by atoms with Crippen molar-refractivity contribution in [2.24, 2.45) is 0 Å². The molecule has 5 heteroatoms. The minimum Gasteiger partial charge on any atom is -0.494 e. The Hall–Kier alpha value is -1.07. The summed E-state index contributed by atoms with van der Waals surface area (Å²) >= 11 is 0. The predicted molar refractivity (Wildman–Crippen MR) is 73.4 cm³/mol. The van der Waals surface area contributed by atoms with E-state index < -0.39 is 24.1 Å². The molecule has 0 saturated carbocycles. The Morgan fingerprint density at radius 3 is 2.11 bits per heavy atom. The molecule has 0 bridgehead atoms. The van der Waals surface area contributed by atoms with E-state index in [0.29, 0.717) is 5.46 Å². The third kappa shape index (κ3) is 2.37. The normalized spacial score (nSPS) is 20.7. The first-order valence-electron chi connectivity index (χ1n) is 6.37. The van der Waals surface area contributed by atoms with Gasteiger partial charge in [0.05, 0.1) is 18.3 Å². The lowest BCUT2D eigenvalue weighted by Gasteiger charge is -2.32. The zero-order valence-electron chi connectivity index (χ0n) is 12.3. The second-order valence-corrected chi connectivity index (χ2v) is 5.96. The van der Waals surface area contributed by atoms with Gasteiger partial charge < -0.3 is 14.0 Å². The van der Waals surface area contributed by atoms with Crippen molar-refractivity contribution in [2.45, 2.75) is 45.8 Å². The van der Waals surface area contributed by atoms with Crippen LogP contribution in [0.5, 0.6) is 5.75 Å². The van der Waals surface area contributed by atoms with Crippen molar-refractivity contribution in [3.63, 3.8) is 0 Å². The van der Waals surface area contributed by atoms with Crippen LogP contribution in [0.2, 0.25) is 0 Å². The molecule has 0 atom stereocenters. The highest BCUT2D eigenvalue weighted by atomic mass is 19.1. The van der Waals surface area contributed by atoms with Crippen LogP contribution in [0.1, 0.15) is 33.3 Å². The highest BCUT2D eigenvalue weighted by molar-refractivity contribution is 6.63. The third-order valence-electron chi connectivity index (χ3n) is 3.93. The van der Waals surface area contributed by atoms with Crippen LogP contribution in [0.25, 0.3) is 0 Å². The molecule has 104 valence electrons. The van der Waals surface area contributed by atoms with E-state index >= 15 is 0 Å². The first-order valence-corrected chi connectivity index (χ1v) is 6.37. The number of rotatable bonds is 2. The van der Waals surface area contributed by atoms with Crippen LogP contribution in [-0.4, -0.2) is 25.4 Å². The lowest BCUT2D eigenvalue weighted by molar-refractivity contribution is 0.00578. The topological polar surface area (TPSA) is 27.7 Å². The zero-order valence-corrected chi connectivity index (χ0v) is 12.3. The van der Waals surface area contributed by atoms with Crippen molar-refractivity contribution in [1.82, 2.24) is 0 Å². The lowest BCUT2D eigenvalue weighted by Crippen LogP contribution is -2.41. The van der Waals surface area contributed by atoms with Gasteiger partial charge in [0.1, 0.15) is 0 Å². The van der Waals surface area contributed by atoms with E-state index in [4.69, 9.17) is 14.0 Å². The molecule has 0 amide bonds. The summed E-state index contributed by atoms with van der Waals surface area (Å²) in [4.78, 5) is 0. The first-order chi connectivity index (χ1) is 8.68. The summed E-state index contributed by atoms with van der Waals surface area (Å²) in [6.45, 7) is 9.69. The Labute approximate surface area is 114 Å². The van der Waals surface area contributed by atoms with Gasteiger partial charge in [0.15, 0.2) is 11.6 Å². The minimum atomic E-state index is -0.616. The van der Waals surface area contributed by atoms with E-state index in [1.54, 1.807) is 0 Å². The second kappa shape index (κ2) is 4.49. The molecule has 0 unspecified atom stereocenters. The van der Waals surface area contributed by atoms with E-state index in [1.165, 1.54) is 13.2 Å². The van der Waals surface area contributed by atoms with Gasteiger partial charge in [0.25, 0.3) is 0 Å². The highest BCUT2D eigenvalue weighted by Crippen LogP contribution is 2.37. The van der Waals surface area contributed by atoms with Gasteiger partial charge in [-0.2, -0.15) is 0 Å². The lowest BCUT2D eigenvalue weighted by atomic mass is 9.77. The maximum Gasteiger partial charge on any atom is 0.498 e. The van der Waals surface area contributed by atoms with Crippen molar-refractivity contribution >= 4 is 12.6 Å². The largest absolute Gasteiger partial charge is 0.498 e. The molecule has 0 aliphatic carbocycles. The third-order valence-corrected chi connectivity index (χ3v) is 3.93. The van der Waals surface area contributed by atoms with Gasteiger partial charge >= 0.3 is 7.12 Å². The molecular formula is C14H20BFO3. The van der Waals surface area contributed by atoms with E-state index in [2.05, 4.69) is 0 Å². The smallest absolute Gasteiger partial charge is 0.494 e. The van der Waals surface area contributed by atoms with Crippen molar-refractivity contribution in [2.75, 3.05) is 7.11 Å². The summed E-state index contributed by atoms with van der Waals surface area (Å²) < 4.78 is 30.9. The number of aryl methyl sites for hydroxylation is 1. The quantitative estimate of drug-likeness (QED) is 0.769. The molecule has 1 saturated heterocycles. The summed E-state index contributed by atoms with van der Waals surface area (Å²) in [5.74, 6) is -0.212. The van der Waals surface area contributed by atoms with Crippen LogP contribution >= 0.6 is 0 Å². The Morgan fingerprint density at radius 2 is 1.63 bits per heavy atom. The number of hydrogen-bond donors (Lipinski definition) is 0. The summed E-state index contributed by atoms with van der Waals surface area (Å²) in [5.41, 5.74) is 0.493. The van der Waals surface area contributed by atoms with Gasteiger partial charge in [0.2, 0.25) is 0 Å². The van der Waals surface area contributed by atoms with Crippen molar-refractivity contribution in [3.05, 3.63) is 23.5 Å². The Kier molecular flexibility index (Phi) is 3.39. The van der Waals surface area contributed by atoms with E-state index in [0.717, 1.165) is 5.56 Å². The van der Waals surface area contributed by atoms with E-state index in [-0.39, 0.29) is 5.75 Å². The number of methoxy groups -OCH3 is 1. The standard InChI is InChI=1S/C14H20BFO3/c1-9-7-10(12(17-6)11(16)8-9)15-18-13(2,3)14(4,5)19-15/h7-8H,1-6H3. The minimum absolute atomic E-state index is 0.184. The van der Waals surface area contributed by atoms with Crippen LogP contribution in [0.15, 0.2) is 12.1 Å². The second-order valence-electron chi connectivity index (χ2n) is 5.96. The molecule has 0 radical (unpaired) electrons. The van der Waals surface area contributed by atoms with Crippen LogP contribution in [0.4, 0.5) is 4.39 Å². The van der Waals surface area contributed by atoms with E-state index in [9.17, 15) is 4.39 Å². The summed E-state index contributed by atoms with van der Waals surface area (Å²) in [6.07, 6.45) is 0. The molecule has 19 heavy (non-hydrogen) atoms. The predicted octanol–water partition coefficient (Wildman–Crippen LogP) is 2.44. The molecular weight excluding hydrogens is 246 g/mol. The highest BCUT2D eigenvalue weighted by Gasteiger charge is 2.52. The van der Waals surface area contributed by atoms with Crippen molar-refractivity contribution in [1.29, 1.82) is 0 Å². The molecule has 1 fully saturated rings. The Bertz CT molecular complexity index is 484. The molecule has 1 aromatic carbocycles. The monoisotopic (exact) mass is 266 g/mol. The number of ether oxygens (including phenoxy) is 1. The molecule has 0 aromatic heterocycles. The fourth-order valence-electron chi connectivity index (χ4n) is 2.12. The fraction of sp³-hybridized carbons (Fsp3) is 0.571. The maximum atomic E-state index is 13.9. The SMILES string of the molecule is COc1c(F)cc(C)cc1B1OC(C)(C)C(C)(C)O1. The Morgan fingerprint density at radius 1 is 1.11 bits per heavy atom. The molecule has 1 heterocycles. The Balaban J connectivity index is 2.45. The van der Waals surface area contributed by atoms with Gasteiger partial charge in [0, 0.05) is 5.46 Å². The van der Waals surface area contributed by atoms with Gasteiger partial charge in [-0.15, -0.1) is 0 Å². The van der Waals surface area contributed by atoms with Crippen LogP contribution in [-0.2, 0) is 9.31 Å². The van der Waals surface area contributed by atoms with Crippen LogP contribution in [0.3, 0.4) is 0 Å². The van der Waals surface area contributed by atoms with Gasteiger partial charge in [-0.3, -0.25) is 0 Å². The summed E-state index contributed by atoms with van der Waals surface area (Å²) in [5, 5.41) is 0. The van der Waals surface area contributed by atoms with E-state index in [1.807, 2.05) is 40.7 Å². The average molecular weight is 266 g/mol. The maximum absolute atomic E-state index is 13.9. The van der Waals surface area contributed by atoms with Gasteiger partial charge in [-0.1, -0.05) is 6.07 Å². The summed E-state index contributed by atoms with van der Waals surface area (Å²) in [6, 6.07) is 3.28. The molecule has 0 spiro atoms. The summed E-state index contributed by atoms with van der Waals surface area (Å²) in [7, 11) is 0.831. The number of halogens is 1. The molecule has 0 N–H and O–H groups in total. The van der Waals surface area contributed by atoms with Crippen LogP contribution < -0.4 is 10.2 Å². The van der Waals surface area contributed by atoms with Gasteiger partial charge in [-0.25, -0.2) is 4.39 Å². The van der Waals surface area contributed by atoms with Crippen LogP contribution in [0, 0.1) is 12.7 Å². The van der Waals surface area contributed by atoms with Crippen molar-refractivity contribution in [3.8, 4) is 5.75 Å². The van der Waals surface area contributed by atoms with Gasteiger partial charge in [-0.05, 0) is 46.2 Å². The first kappa shape index (κ1) is 14.3. The molecule has 1 aliphatic heterocycles. The molecule has 3 nitrogen and oxygen atoms in total. The number of benzene rings is 1. The van der Waals surface area contributed by atoms with Crippen molar-refractivity contribution < 1.29 is 18.4 Å². The molecule has 1 aliphatic rings. The molecule has 1 aromatic rings. The average Bonchev–Trinajstić information content (AvgIpc) is 2.47. The zero-order chi connectivity index (χ0) is 14.4. The molecule has 2 rings (SSSR count).